The van der Waals surface area contributed by atoms with Crippen LogP contribution in [-0.4, -0.2) is 61.1 Å². The minimum absolute atomic E-state index is 0.0255. The van der Waals surface area contributed by atoms with Gasteiger partial charge in [-0.15, -0.1) is 10.2 Å². The number of hydrogen-bond acceptors (Lipinski definition) is 7. The van der Waals surface area contributed by atoms with Gasteiger partial charge in [-0.25, -0.2) is 4.79 Å². The number of carbonyl (C=O) groups excluding carboxylic acids is 2. The van der Waals surface area contributed by atoms with Crippen molar-refractivity contribution in [3.63, 3.8) is 0 Å². The second kappa shape index (κ2) is 11.2. The molecule has 3 heterocycles. The summed E-state index contributed by atoms with van der Waals surface area (Å²) in [7, 11) is 0. The third-order valence-corrected chi connectivity index (χ3v) is 7.99. The molecule has 1 aromatic carbocycles. The van der Waals surface area contributed by atoms with Gasteiger partial charge in [0.25, 0.3) is 0 Å². The number of nitrogens with zero attached hydrogens (tertiary/aromatic N) is 2. The Morgan fingerprint density at radius 2 is 2.06 bits per heavy atom. The Balaban J connectivity index is 1.09. The SMILES string of the molecule is CCc1ccc(C2(C(F)(F)F)N=N2)cc1OCCOCNC(=O)CCCCC1SCC2NC(=O)NC21. The number of unbranched alkanes of at least 4 members (excludes halogenated alkanes) is 1. The average Bonchev–Trinajstić information content (AvgIpc) is 3.48. The maximum absolute atomic E-state index is 13.3. The zero-order valence-electron chi connectivity index (χ0n) is 19.9. The lowest BCUT2D eigenvalue weighted by Gasteiger charge is -2.17. The quantitative estimate of drug-likeness (QED) is 0.205. The molecule has 1 aromatic rings. The van der Waals surface area contributed by atoms with E-state index in [1.807, 2.05) is 18.7 Å². The van der Waals surface area contributed by atoms with Crippen molar-refractivity contribution in [2.24, 2.45) is 10.2 Å². The van der Waals surface area contributed by atoms with Crippen molar-refractivity contribution in [3.8, 4) is 5.75 Å². The number of carbonyl (C=O) groups is 2. The zero-order valence-corrected chi connectivity index (χ0v) is 20.7. The van der Waals surface area contributed by atoms with Crippen LogP contribution in [-0.2, 0) is 21.6 Å². The smallest absolute Gasteiger partial charge is 0.442 e. The van der Waals surface area contributed by atoms with Crippen molar-refractivity contribution >= 4 is 23.7 Å². The highest BCUT2D eigenvalue weighted by atomic mass is 32.2. The lowest BCUT2D eigenvalue weighted by atomic mass is 9.99. The molecule has 2 fully saturated rings. The summed E-state index contributed by atoms with van der Waals surface area (Å²) in [6.07, 6.45) is -1.02. The van der Waals surface area contributed by atoms with Crippen molar-refractivity contribution < 1.29 is 32.2 Å². The molecule has 3 amide bonds. The zero-order chi connectivity index (χ0) is 25.8. The molecule has 2 saturated heterocycles. The molecule has 0 spiro atoms. The summed E-state index contributed by atoms with van der Waals surface area (Å²) in [5.41, 5.74) is -1.80. The van der Waals surface area contributed by atoms with Gasteiger partial charge in [-0.2, -0.15) is 24.9 Å². The van der Waals surface area contributed by atoms with E-state index in [1.165, 1.54) is 12.1 Å². The number of thioether (sulfide) groups is 1. The van der Waals surface area contributed by atoms with Gasteiger partial charge >= 0.3 is 17.9 Å². The van der Waals surface area contributed by atoms with E-state index in [4.69, 9.17) is 9.47 Å². The van der Waals surface area contributed by atoms with Gasteiger partial charge in [0.1, 0.15) is 19.1 Å². The summed E-state index contributed by atoms with van der Waals surface area (Å²) in [6, 6.07) is 4.57. The molecule has 9 nitrogen and oxygen atoms in total. The highest BCUT2D eigenvalue weighted by Crippen LogP contribution is 2.53. The number of ether oxygens (including phenoxy) is 2. The lowest BCUT2D eigenvalue weighted by Crippen LogP contribution is -2.36. The summed E-state index contributed by atoms with van der Waals surface area (Å²) in [6.45, 7) is 2.18. The van der Waals surface area contributed by atoms with Crippen LogP contribution < -0.4 is 20.7 Å². The number of rotatable bonds is 13. The Bertz CT molecular complexity index is 987. The van der Waals surface area contributed by atoms with Crippen LogP contribution in [0.4, 0.5) is 18.0 Å². The van der Waals surface area contributed by atoms with Gasteiger partial charge in [0.05, 0.1) is 18.7 Å². The molecule has 198 valence electrons. The molecule has 13 heteroatoms. The summed E-state index contributed by atoms with van der Waals surface area (Å²) in [5.74, 6) is 1.14. The maximum Gasteiger partial charge on any atom is 0.442 e. The van der Waals surface area contributed by atoms with E-state index in [0.29, 0.717) is 23.8 Å². The van der Waals surface area contributed by atoms with Gasteiger partial charge in [-0.3, -0.25) is 4.79 Å². The molecule has 0 aromatic heterocycles. The number of amides is 3. The minimum Gasteiger partial charge on any atom is -0.491 e. The Kier molecular flexibility index (Phi) is 8.28. The highest BCUT2D eigenvalue weighted by molar-refractivity contribution is 8.00. The molecule has 0 radical (unpaired) electrons. The number of hydrogen-bond donors (Lipinski definition) is 3. The Morgan fingerprint density at radius 1 is 1.25 bits per heavy atom. The Labute approximate surface area is 211 Å². The van der Waals surface area contributed by atoms with Crippen LogP contribution in [0.1, 0.15) is 43.7 Å². The molecule has 3 atom stereocenters. The van der Waals surface area contributed by atoms with Gasteiger partial charge in [0.2, 0.25) is 5.91 Å². The van der Waals surface area contributed by atoms with E-state index in [0.717, 1.165) is 30.6 Å². The first-order valence-electron chi connectivity index (χ1n) is 12.0. The van der Waals surface area contributed by atoms with E-state index in [-0.39, 0.29) is 49.5 Å². The number of halogens is 3. The number of aryl methyl sites for hydroxylation is 1. The molecule has 3 aliphatic rings. The van der Waals surface area contributed by atoms with Crippen LogP contribution in [0.5, 0.6) is 5.75 Å². The van der Waals surface area contributed by atoms with E-state index < -0.39 is 11.8 Å². The Morgan fingerprint density at radius 3 is 2.78 bits per heavy atom. The first kappa shape index (κ1) is 26.5. The predicted octanol–water partition coefficient (Wildman–Crippen LogP) is 3.62. The first-order chi connectivity index (χ1) is 17.2. The third-order valence-electron chi connectivity index (χ3n) is 6.48. The van der Waals surface area contributed by atoms with Gasteiger partial charge in [-0.1, -0.05) is 25.5 Å². The summed E-state index contributed by atoms with van der Waals surface area (Å²) in [4.78, 5) is 23.4. The van der Waals surface area contributed by atoms with Crippen molar-refractivity contribution in [3.05, 3.63) is 29.3 Å². The average molecular weight is 530 g/mol. The van der Waals surface area contributed by atoms with E-state index in [9.17, 15) is 22.8 Å². The number of benzene rings is 1. The molecule has 36 heavy (non-hydrogen) atoms. The maximum atomic E-state index is 13.3. The van der Waals surface area contributed by atoms with Crippen molar-refractivity contribution in [2.75, 3.05) is 25.7 Å². The molecule has 3 unspecified atom stereocenters. The van der Waals surface area contributed by atoms with E-state index in [2.05, 4.69) is 26.2 Å². The van der Waals surface area contributed by atoms with Crippen LogP contribution in [0.2, 0.25) is 0 Å². The molecule has 0 aliphatic carbocycles. The van der Waals surface area contributed by atoms with Crippen molar-refractivity contribution in [1.29, 1.82) is 0 Å². The second-order valence-electron chi connectivity index (χ2n) is 8.91. The fraction of sp³-hybridized carbons (Fsp3) is 0.652. The van der Waals surface area contributed by atoms with Crippen LogP contribution >= 0.6 is 11.8 Å². The molecular weight excluding hydrogens is 499 g/mol. The molecule has 3 aliphatic heterocycles. The van der Waals surface area contributed by atoms with E-state index >= 15 is 0 Å². The van der Waals surface area contributed by atoms with Crippen LogP contribution in [0.3, 0.4) is 0 Å². The fourth-order valence-electron chi connectivity index (χ4n) is 4.42. The van der Waals surface area contributed by atoms with Crippen LogP contribution in [0.25, 0.3) is 0 Å². The fourth-order valence-corrected chi connectivity index (χ4v) is 5.96. The Hall–Kier alpha value is -2.54. The van der Waals surface area contributed by atoms with Crippen LogP contribution in [0.15, 0.2) is 28.4 Å². The minimum atomic E-state index is -4.59. The summed E-state index contributed by atoms with van der Waals surface area (Å²) < 4.78 is 50.9. The molecule has 4 rings (SSSR count). The topological polar surface area (TPSA) is 113 Å². The summed E-state index contributed by atoms with van der Waals surface area (Å²) in [5, 5.41) is 15.4. The number of urea groups is 1. The lowest BCUT2D eigenvalue weighted by molar-refractivity contribution is -0.166. The van der Waals surface area contributed by atoms with E-state index in [1.54, 1.807) is 6.07 Å². The molecule has 0 saturated carbocycles. The number of fused-ring (bicyclic) bond motifs is 1. The van der Waals surface area contributed by atoms with Crippen molar-refractivity contribution in [1.82, 2.24) is 16.0 Å². The largest absolute Gasteiger partial charge is 0.491 e. The second-order valence-corrected chi connectivity index (χ2v) is 10.2. The molecule has 3 N–H and O–H groups in total. The number of nitrogens with one attached hydrogen (secondary N) is 3. The standard InChI is InChI=1S/C23H30F3N5O4S/c1-2-14-7-8-15(22(30-31-22)23(24,25)26)11-17(14)35-10-9-34-13-27-19(32)6-4-3-5-18-20-16(12-36-18)28-21(33)29-20/h7-8,11,16,18,20H,2-6,9-10,12-13H2,1H3,(H,27,32)(H2,28,29,33). The highest BCUT2D eigenvalue weighted by Gasteiger charge is 2.65. The summed E-state index contributed by atoms with van der Waals surface area (Å²) >= 11 is 1.85. The third kappa shape index (κ3) is 6.05. The molecular formula is C23H30F3N5O4S. The monoisotopic (exact) mass is 529 g/mol. The van der Waals surface area contributed by atoms with Gasteiger partial charge in [-0.05, 0) is 30.9 Å². The van der Waals surface area contributed by atoms with Gasteiger partial charge < -0.3 is 25.4 Å². The van der Waals surface area contributed by atoms with Crippen molar-refractivity contribution in [2.45, 2.75) is 68.2 Å². The van der Waals surface area contributed by atoms with Gasteiger partial charge in [0, 0.05) is 23.0 Å². The predicted molar refractivity (Wildman–Crippen MR) is 127 cm³/mol. The normalized spacial score (nSPS) is 23.7. The molecule has 0 bridgehead atoms. The number of alkyl halides is 3. The first-order valence-corrected chi connectivity index (χ1v) is 13.1. The van der Waals surface area contributed by atoms with Gasteiger partial charge in [0.15, 0.2) is 0 Å². The van der Waals surface area contributed by atoms with Crippen LogP contribution in [0, 0.1) is 0 Å².